The summed E-state index contributed by atoms with van der Waals surface area (Å²) in [5.74, 6) is 0.632. The molecule has 17 heavy (non-hydrogen) atoms. The number of nitrogens with zero attached hydrogens (tertiary/aromatic N) is 3. The quantitative estimate of drug-likeness (QED) is 0.862. The van der Waals surface area contributed by atoms with Gasteiger partial charge in [0.1, 0.15) is 5.82 Å². The molecule has 0 unspecified atom stereocenters. The molecule has 2 N–H and O–H groups in total. The van der Waals surface area contributed by atoms with Gasteiger partial charge in [0.15, 0.2) is 0 Å². The van der Waals surface area contributed by atoms with Crippen molar-refractivity contribution in [1.29, 1.82) is 0 Å². The van der Waals surface area contributed by atoms with Crippen LogP contribution in [0.3, 0.4) is 0 Å². The summed E-state index contributed by atoms with van der Waals surface area (Å²) in [5, 5.41) is 0. The number of anilines is 2. The molecule has 1 aliphatic rings. The molecule has 0 bridgehead atoms. The molecule has 1 fully saturated rings. The Morgan fingerprint density at radius 1 is 1.47 bits per heavy atom. The first kappa shape index (κ1) is 12.2. The van der Waals surface area contributed by atoms with E-state index in [2.05, 4.69) is 34.8 Å². The fourth-order valence-corrected chi connectivity index (χ4v) is 2.53. The molecule has 94 valence electrons. The van der Waals surface area contributed by atoms with Crippen molar-refractivity contribution >= 4 is 11.5 Å². The molecule has 2 heterocycles. The third-order valence-electron chi connectivity index (χ3n) is 3.75. The average Bonchev–Trinajstić information content (AvgIpc) is 2.39. The highest BCUT2D eigenvalue weighted by atomic mass is 15.2. The summed E-state index contributed by atoms with van der Waals surface area (Å²) in [6, 6.07) is 4.59. The van der Waals surface area contributed by atoms with Crippen LogP contribution in [0.4, 0.5) is 11.5 Å². The van der Waals surface area contributed by atoms with Crippen molar-refractivity contribution in [3.8, 4) is 0 Å². The van der Waals surface area contributed by atoms with E-state index in [1.165, 1.54) is 25.9 Å². The lowest BCUT2D eigenvalue weighted by Crippen LogP contribution is -2.43. The summed E-state index contributed by atoms with van der Waals surface area (Å²) in [5.41, 5.74) is 6.98. The number of nitrogens with two attached hydrogens (primary N) is 1. The minimum absolute atomic E-state index is 0.587. The molecule has 1 aliphatic heterocycles. The van der Waals surface area contributed by atoms with Crippen LogP contribution in [-0.4, -0.2) is 42.6 Å². The van der Waals surface area contributed by atoms with E-state index in [0.29, 0.717) is 11.9 Å². The van der Waals surface area contributed by atoms with Gasteiger partial charge in [-0.25, -0.2) is 4.98 Å². The van der Waals surface area contributed by atoms with Crippen LogP contribution in [0.1, 0.15) is 19.8 Å². The zero-order valence-corrected chi connectivity index (χ0v) is 10.8. The monoisotopic (exact) mass is 234 g/mol. The maximum Gasteiger partial charge on any atom is 0.146 e. The van der Waals surface area contributed by atoms with E-state index in [1.54, 1.807) is 6.20 Å². The lowest BCUT2D eigenvalue weighted by atomic mass is 10.0. The molecule has 0 aromatic carbocycles. The molecule has 0 radical (unpaired) electrons. The second kappa shape index (κ2) is 5.36. The summed E-state index contributed by atoms with van der Waals surface area (Å²) in [6.07, 6.45) is 4.16. The number of likely N-dealkylation sites (tertiary alicyclic amines) is 1. The summed E-state index contributed by atoms with van der Waals surface area (Å²) in [4.78, 5) is 8.94. The molecule has 0 atom stereocenters. The Kier molecular flexibility index (Phi) is 3.84. The molecule has 2 rings (SSSR count). The van der Waals surface area contributed by atoms with E-state index in [-0.39, 0.29) is 0 Å². The number of pyridine rings is 1. The maximum absolute atomic E-state index is 5.92. The number of hydrogen-bond donors (Lipinski definition) is 1. The fourth-order valence-electron chi connectivity index (χ4n) is 2.53. The van der Waals surface area contributed by atoms with E-state index < -0.39 is 0 Å². The van der Waals surface area contributed by atoms with Crippen LogP contribution >= 0.6 is 0 Å². The van der Waals surface area contributed by atoms with Gasteiger partial charge in [0.25, 0.3) is 0 Å². The lowest BCUT2D eigenvalue weighted by molar-refractivity contribution is 0.221. The van der Waals surface area contributed by atoms with Gasteiger partial charge in [-0.05, 0) is 31.5 Å². The van der Waals surface area contributed by atoms with Gasteiger partial charge >= 0.3 is 0 Å². The third kappa shape index (κ3) is 2.69. The Morgan fingerprint density at radius 2 is 2.18 bits per heavy atom. The van der Waals surface area contributed by atoms with Crippen molar-refractivity contribution in [3.63, 3.8) is 0 Å². The van der Waals surface area contributed by atoms with Gasteiger partial charge in [-0.15, -0.1) is 0 Å². The largest absolute Gasteiger partial charge is 0.382 e. The minimum atomic E-state index is 0.587. The van der Waals surface area contributed by atoms with Crippen molar-refractivity contribution in [2.45, 2.75) is 25.8 Å². The SMILES string of the molecule is CCN1CCC(N(C)c2cccnc2N)CC1. The van der Waals surface area contributed by atoms with Crippen molar-refractivity contribution in [1.82, 2.24) is 9.88 Å². The molecule has 0 spiro atoms. The van der Waals surface area contributed by atoms with Crippen LogP contribution in [-0.2, 0) is 0 Å². The van der Waals surface area contributed by atoms with Gasteiger partial charge in [-0.3, -0.25) is 0 Å². The maximum atomic E-state index is 5.92. The van der Waals surface area contributed by atoms with Crippen LogP contribution in [0.25, 0.3) is 0 Å². The second-order valence-corrected chi connectivity index (χ2v) is 4.68. The summed E-state index contributed by atoms with van der Waals surface area (Å²) in [6.45, 7) is 5.76. The third-order valence-corrected chi connectivity index (χ3v) is 3.75. The van der Waals surface area contributed by atoms with Gasteiger partial charge in [-0.2, -0.15) is 0 Å². The number of piperidine rings is 1. The van der Waals surface area contributed by atoms with Crippen molar-refractivity contribution in [2.75, 3.05) is 37.3 Å². The molecular weight excluding hydrogens is 212 g/mol. The molecule has 4 nitrogen and oxygen atoms in total. The van der Waals surface area contributed by atoms with Crippen LogP contribution < -0.4 is 10.6 Å². The molecule has 0 aliphatic carbocycles. The van der Waals surface area contributed by atoms with Gasteiger partial charge in [-0.1, -0.05) is 6.92 Å². The van der Waals surface area contributed by atoms with Crippen LogP contribution in [0.5, 0.6) is 0 Å². The van der Waals surface area contributed by atoms with E-state index in [9.17, 15) is 0 Å². The minimum Gasteiger partial charge on any atom is -0.382 e. The first-order chi connectivity index (χ1) is 8.22. The normalized spacial score (nSPS) is 18.2. The molecule has 0 amide bonds. The average molecular weight is 234 g/mol. The van der Waals surface area contributed by atoms with E-state index in [0.717, 1.165) is 12.2 Å². The molecular formula is C13H22N4. The van der Waals surface area contributed by atoms with E-state index in [4.69, 9.17) is 5.73 Å². The Morgan fingerprint density at radius 3 is 2.76 bits per heavy atom. The van der Waals surface area contributed by atoms with Crippen LogP contribution in [0.15, 0.2) is 18.3 Å². The first-order valence-electron chi connectivity index (χ1n) is 6.38. The number of rotatable bonds is 3. The van der Waals surface area contributed by atoms with E-state index in [1.807, 2.05) is 6.07 Å². The lowest BCUT2D eigenvalue weighted by Gasteiger charge is -2.37. The van der Waals surface area contributed by atoms with Gasteiger partial charge < -0.3 is 15.5 Å². The summed E-state index contributed by atoms with van der Waals surface area (Å²) in [7, 11) is 2.12. The van der Waals surface area contributed by atoms with E-state index >= 15 is 0 Å². The Hall–Kier alpha value is -1.29. The zero-order valence-electron chi connectivity index (χ0n) is 10.8. The number of hydrogen-bond acceptors (Lipinski definition) is 4. The van der Waals surface area contributed by atoms with Crippen LogP contribution in [0, 0.1) is 0 Å². The molecule has 1 saturated heterocycles. The van der Waals surface area contributed by atoms with Crippen molar-refractivity contribution < 1.29 is 0 Å². The predicted molar refractivity (Wildman–Crippen MR) is 72.2 cm³/mol. The predicted octanol–water partition coefficient (Wildman–Crippen LogP) is 1.58. The number of aromatic nitrogens is 1. The van der Waals surface area contributed by atoms with Crippen molar-refractivity contribution in [2.24, 2.45) is 0 Å². The summed E-state index contributed by atoms with van der Waals surface area (Å²) >= 11 is 0. The molecule has 0 saturated carbocycles. The Bertz CT molecular complexity index is 358. The standard InChI is InChI=1S/C13H22N4/c1-3-17-9-6-11(7-10-17)16(2)12-5-4-8-15-13(12)14/h4-5,8,11H,3,6-7,9-10H2,1-2H3,(H2,14,15). The highest BCUT2D eigenvalue weighted by Gasteiger charge is 2.22. The Balaban J connectivity index is 2.02. The van der Waals surface area contributed by atoms with Crippen molar-refractivity contribution in [3.05, 3.63) is 18.3 Å². The second-order valence-electron chi connectivity index (χ2n) is 4.68. The van der Waals surface area contributed by atoms with Gasteiger partial charge in [0.2, 0.25) is 0 Å². The van der Waals surface area contributed by atoms with Crippen LogP contribution in [0.2, 0.25) is 0 Å². The highest BCUT2D eigenvalue weighted by Crippen LogP contribution is 2.25. The fraction of sp³-hybridized carbons (Fsp3) is 0.615. The van der Waals surface area contributed by atoms with Gasteiger partial charge in [0, 0.05) is 32.4 Å². The molecule has 1 aromatic heterocycles. The Labute approximate surface area is 103 Å². The summed E-state index contributed by atoms with van der Waals surface area (Å²) < 4.78 is 0. The van der Waals surface area contributed by atoms with Gasteiger partial charge in [0.05, 0.1) is 5.69 Å². The molecule has 1 aromatic rings. The smallest absolute Gasteiger partial charge is 0.146 e. The topological polar surface area (TPSA) is 45.4 Å². The first-order valence-corrected chi connectivity index (χ1v) is 6.38. The highest BCUT2D eigenvalue weighted by molar-refractivity contribution is 5.63. The molecule has 4 heteroatoms. The zero-order chi connectivity index (χ0) is 12.3. The number of nitrogen functional groups attached to an aromatic ring is 1.